The monoisotopic (exact) mass is 442 g/mol. The first-order valence-corrected chi connectivity index (χ1v) is 8.57. The molecule has 5 heteroatoms. The number of benzene rings is 1. The molecule has 0 bridgehead atoms. The van der Waals surface area contributed by atoms with E-state index in [1.54, 1.807) is 5.57 Å². The molecule has 0 unspecified atom stereocenters. The van der Waals surface area contributed by atoms with Gasteiger partial charge in [0.1, 0.15) is 0 Å². The lowest BCUT2D eigenvalue weighted by Crippen LogP contribution is -2.37. The fourth-order valence-corrected chi connectivity index (χ4v) is 2.82. The van der Waals surface area contributed by atoms with E-state index in [9.17, 15) is 0 Å². The highest BCUT2D eigenvalue weighted by molar-refractivity contribution is 14.0. The molecule has 4 nitrogen and oxygen atoms in total. The van der Waals surface area contributed by atoms with E-state index in [4.69, 9.17) is 0 Å². The van der Waals surface area contributed by atoms with Crippen LogP contribution in [0, 0.1) is 0 Å². The van der Waals surface area contributed by atoms with Gasteiger partial charge in [0.05, 0.1) is 0 Å². The van der Waals surface area contributed by atoms with Crippen molar-refractivity contribution < 1.29 is 0 Å². The van der Waals surface area contributed by atoms with Gasteiger partial charge in [-0.1, -0.05) is 23.8 Å². The van der Waals surface area contributed by atoms with E-state index in [-0.39, 0.29) is 24.0 Å². The molecule has 1 aliphatic carbocycles. The van der Waals surface area contributed by atoms with Crippen molar-refractivity contribution in [1.29, 1.82) is 0 Å². The van der Waals surface area contributed by atoms with Crippen LogP contribution in [0.4, 0.5) is 5.69 Å². The topological polar surface area (TPSA) is 39.7 Å². The molecule has 0 saturated heterocycles. The van der Waals surface area contributed by atoms with Crippen molar-refractivity contribution in [2.45, 2.75) is 38.6 Å². The van der Waals surface area contributed by atoms with E-state index in [1.165, 1.54) is 36.9 Å². The van der Waals surface area contributed by atoms with Gasteiger partial charge in [-0.05, 0) is 49.8 Å². The Kier molecular flexibility index (Phi) is 9.83. The van der Waals surface area contributed by atoms with Gasteiger partial charge in [0, 0.05) is 39.9 Å². The number of anilines is 1. The van der Waals surface area contributed by atoms with Gasteiger partial charge in [-0.25, -0.2) is 0 Å². The Bertz CT molecular complexity index is 552. The van der Waals surface area contributed by atoms with Crippen LogP contribution in [0.15, 0.2) is 40.9 Å². The van der Waals surface area contributed by atoms with E-state index in [0.29, 0.717) is 0 Å². The second-order valence-corrected chi connectivity index (χ2v) is 6.28. The fourth-order valence-electron chi connectivity index (χ4n) is 2.82. The third kappa shape index (κ3) is 7.11. The predicted molar refractivity (Wildman–Crippen MR) is 116 cm³/mol. The Labute approximate surface area is 163 Å². The van der Waals surface area contributed by atoms with Gasteiger partial charge in [-0.3, -0.25) is 4.99 Å². The summed E-state index contributed by atoms with van der Waals surface area (Å²) in [5, 5.41) is 6.80. The molecule has 0 amide bonds. The third-order valence-electron chi connectivity index (χ3n) is 4.23. The van der Waals surface area contributed by atoms with Crippen molar-refractivity contribution in [2.75, 3.05) is 32.6 Å². The average Bonchev–Trinajstić information content (AvgIpc) is 2.59. The van der Waals surface area contributed by atoms with Crippen LogP contribution in [-0.4, -0.2) is 33.6 Å². The SMILES string of the molecule is CN=C(NCCC1=CCCCC1)NCc1cccc(N(C)C)c1.I. The summed E-state index contributed by atoms with van der Waals surface area (Å²) < 4.78 is 0. The van der Waals surface area contributed by atoms with Crippen molar-refractivity contribution >= 4 is 35.6 Å². The molecular weight excluding hydrogens is 411 g/mol. The van der Waals surface area contributed by atoms with Crippen LogP contribution >= 0.6 is 24.0 Å². The molecule has 0 spiro atoms. The highest BCUT2D eigenvalue weighted by atomic mass is 127. The first-order valence-electron chi connectivity index (χ1n) is 8.57. The van der Waals surface area contributed by atoms with Crippen LogP contribution in [0.1, 0.15) is 37.7 Å². The maximum absolute atomic E-state index is 4.31. The van der Waals surface area contributed by atoms with Crippen molar-refractivity contribution in [3.8, 4) is 0 Å². The molecule has 2 rings (SSSR count). The van der Waals surface area contributed by atoms with Crippen molar-refractivity contribution in [3.05, 3.63) is 41.5 Å². The molecule has 0 radical (unpaired) electrons. The van der Waals surface area contributed by atoms with Crippen LogP contribution in [0.25, 0.3) is 0 Å². The summed E-state index contributed by atoms with van der Waals surface area (Å²) in [4.78, 5) is 6.43. The lowest BCUT2D eigenvalue weighted by atomic mass is 9.97. The summed E-state index contributed by atoms with van der Waals surface area (Å²) in [5.41, 5.74) is 4.07. The molecule has 1 aromatic carbocycles. The molecule has 0 aliphatic heterocycles. The Morgan fingerprint density at radius 1 is 1.21 bits per heavy atom. The molecule has 134 valence electrons. The smallest absolute Gasteiger partial charge is 0.191 e. The summed E-state index contributed by atoms with van der Waals surface area (Å²) >= 11 is 0. The second kappa shape index (κ2) is 11.3. The summed E-state index contributed by atoms with van der Waals surface area (Å²) in [6, 6.07) is 8.56. The highest BCUT2D eigenvalue weighted by Gasteiger charge is 2.04. The van der Waals surface area contributed by atoms with Gasteiger partial charge in [0.2, 0.25) is 0 Å². The normalized spacial score (nSPS) is 14.5. The Morgan fingerprint density at radius 2 is 2.04 bits per heavy atom. The van der Waals surface area contributed by atoms with Crippen molar-refractivity contribution in [2.24, 2.45) is 4.99 Å². The molecule has 1 aliphatic rings. The van der Waals surface area contributed by atoms with Gasteiger partial charge >= 0.3 is 0 Å². The molecule has 0 atom stereocenters. The lowest BCUT2D eigenvalue weighted by molar-refractivity contribution is 0.665. The highest BCUT2D eigenvalue weighted by Crippen LogP contribution is 2.19. The second-order valence-electron chi connectivity index (χ2n) is 6.28. The van der Waals surface area contributed by atoms with Crippen LogP contribution in [0.3, 0.4) is 0 Å². The molecule has 2 N–H and O–H groups in total. The van der Waals surface area contributed by atoms with Crippen LogP contribution in [-0.2, 0) is 6.54 Å². The minimum absolute atomic E-state index is 0. The Balaban J connectivity index is 0.00000288. The van der Waals surface area contributed by atoms with Crippen LogP contribution < -0.4 is 15.5 Å². The number of hydrogen-bond acceptors (Lipinski definition) is 2. The molecule has 1 aromatic rings. The number of nitrogens with one attached hydrogen (secondary N) is 2. The number of nitrogens with zero attached hydrogens (tertiary/aromatic N) is 2. The van der Waals surface area contributed by atoms with Crippen molar-refractivity contribution in [1.82, 2.24) is 10.6 Å². The fraction of sp³-hybridized carbons (Fsp3) is 0.526. The maximum Gasteiger partial charge on any atom is 0.191 e. The minimum Gasteiger partial charge on any atom is -0.378 e. The molecule has 0 fully saturated rings. The average molecular weight is 442 g/mol. The molecule has 0 heterocycles. The number of halogens is 1. The Morgan fingerprint density at radius 3 is 2.71 bits per heavy atom. The quantitative estimate of drug-likeness (QED) is 0.304. The molecular formula is C19H31IN4. The van der Waals surface area contributed by atoms with Gasteiger partial charge in [0.25, 0.3) is 0 Å². The standard InChI is InChI=1S/C19H30N4.HI/c1-20-19(21-13-12-16-8-5-4-6-9-16)22-15-17-10-7-11-18(14-17)23(2)3;/h7-8,10-11,14H,4-6,9,12-13,15H2,1-3H3,(H2,20,21,22);1H. The molecule has 0 saturated carbocycles. The largest absolute Gasteiger partial charge is 0.378 e. The summed E-state index contributed by atoms with van der Waals surface area (Å²) in [6.45, 7) is 1.73. The minimum atomic E-state index is 0. The zero-order valence-corrected chi connectivity index (χ0v) is 17.5. The van der Waals surface area contributed by atoms with E-state index < -0.39 is 0 Å². The lowest BCUT2D eigenvalue weighted by Gasteiger charge is -2.16. The van der Waals surface area contributed by atoms with E-state index in [0.717, 1.165) is 25.5 Å². The van der Waals surface area contributed by atoms with Crippen LogP contribution in [0.5, 0.6) is 0 Å². The first kappa shape index (κ1) is 20.8. The van der Waals surface area contributed by atoms with E-state index in [2.05, 4.69) is 65.0 Å². The predicted octanol–water partition coefficient (Wildman–Crippen LogP) is 3.93. The number of allylic oxidation sites excluding steroid dienone is 1. The summed E-state index contributed by atoms with van der Waals surface area (Å²) in [5.74, 6) is 0.872. The van der Waals surface area contributed by atoms with Gasteiger partial charge < -0.3 is 15.5 Å². The Hall–Kier alpha value is -1.24. The third-order valence-corrected chi connectivity index (χ3v) is 4.23. The number of aliphatic imine (C=N–C) groups is 1. The van der Waals surface area contributed by atoms with Gasteiger partial charge in [0.15, 0.2) is 5.96 Å². The van der Waals surface area contributed by atoms with E-state index in [1.807, 2.05) is 7.05 Å². The van der Waals surface area contributed by atoms with Gasteiger partial charge in [-0.15, -0.1) is 24.0 Å². The number of hydrogen-bond donors (Lipinski definition) is 2. The first-order chi connectivity index (χ1) is 11.2. The maximum atomic E-state index is 4.31. The summed E-state index contributed by atoms with van der Waals surface area (Å²) in [6.07, 6.45) is 8.76. The zero-order chi connectivity index (χ0) is 16.5. The zero-order valence-electron chi connectivity index (χ0n) is 15.1. The number of guanidine groups is 1. The van der Waals surface area contributed by atoms with Gasteiger partial charge in [-0.2, -0.15) is 0 Å². The molecule has 24 heavy (non-hydrogen) atoms. The molecule has 0 aromatic heterocycles. The van der Waals surface area contributed by atoms with Crippen molar-refractivity contribution in [3.63, 3.8) is 0 Å². The van der Waals surface area contributed by atoms with Crippen LogP contribution in [0.2, 0.25) is 0 Å². The summed E-state index contributed by atoms with van der Waals surface area (Å²) in [7, 11) is 5.95. The number of rotatable bonds is 6. The van der Waals surface area contributed by atoms with E-state index >= 15 is 0 Å².